The molecule has 2 fully saturated rings. The van der Waals surface area contributed by atoms with Gasteiger partial charge in [-0.15, -0.1) is 0 Å². The first-order valence-corrected chi connectivity index (χ1v) is 12.2. The summed E-state index contributed by atoms with van der Waals surface area (Å²) < 4.78 is 43.9. The summed E-state index contributed by atoms with van der Waals surface area (Å²) in [6.45, 7) is 2.81. The van der Waals surface area contributed by atoms with Crippen LogP contribution in [0.4, 0.5) is 13.2 Å². The quantitative estimate of drug-likeness (QED) is 0.470. The van der Waals surface area contributed by atoms with Crippen LogP contribution in [0.15, 0.2) is 30.3 Å². The van der Waals surface area contributed by atoms with Crippen molar-refractivity contribution in [3.05, 3.63) is 52.8 Å². The fraction of sp³-hybridized carbons (Fsp3) is 0.500. The Morgan fingerprint density at radius 2 is 1.88 bits per heavy atom. The van der Waals surface area contributed by atoms with E-state index in [1.807, 2.05) is 29.2 Å². The van der Waals surface area contributed by atoms with E-state index in [2.05, 4.69) is 17.0 Å². The van der Waals surface area contributed by atoms with Crippen LogP contribution in [0.2, 0.25) is 0 Å². The zero-order chi connectivity index (χ0) is 23.6. The molecule has 2 aliphatic carbocycles. The van der Waals surface area contributed by atoms with E-state index in [-0.39, 0.29) is 35.3 Å². The van der Waals surface area contributed by atoms with Crippen LogP contribution < -0.4 is 0 Å². The predicted octanol–water partition coefficient (Wildman–Crippen LogP) is 5.55. The summed E-state index contributed by atoms with van der Waals surface area (Å²) in [6, 6.07) is 9.03. The van der Waals surface area contributed by atoms with Gasteiger partial charge in [0.25, 0.3) is 5.91 Å². The van der Waals surface area contributed by atoms with Crippen LogP contribution in [-0.2, 0) is 19.0 Å². The minimum atomic E-state index is -4.61. The van der Waals surface area contributed by atoms with Crippen LogP contribution in [0.25, 0.3) is 16.9 Å². The second-order valence-electron chi connectivity index (χ2n) is 10.0. The van der Waals surface area contributed by atoms with Crippen LogP contribution in [0.1, 0.15) is 66.3 Å². The predicted molar refractivity (Wildman–Crippen MR) is 121 cm³/mol. The number of hydrogen-bond acceptors (Lipinski definition) is 3. The second-order valence-corrected chi connectivity index (χ2v) is 10.0. The number of fused-ring (bicyclic) bond motifs is 5. The van der Waals surface area contributed by atoms with Crippen LogP contribution >= 0.6 is 0 Å². The number of likely N-dealkylation sites (tertiary alicyclic amines) is 1. The van der Waals surface area contributed by atoms with Crippen molar-refractivity contribution in [1.82, 2.24) is 19.5 Å². The summed E-state index contributed by atoms with van der Waals surface area (Å²) in [4.78, 5) is 20.1. The van der Waals surface area contributed by atoms with E-state index in [1.165, 1.54) is 12.5 Å². The summed E-state index contributed by atoms with van der Waals surface area (Å²) in [5, 5.41) is 4.22. The Labute approximate surface area is 196 Å². The lowest BCUT2D eigenvalue weighted by molar-refractivity contribution is -0.143. The molecular weight excluding hydrogens is 441 g/mol. The smallest absolute Gasteiger partial charge is 0.334 e. The molecule has 0 spiro atoms. The number of alkyl halides is 3. The first-order valence-electron chi connectivity index (χ1n) is 12.2. The van der Waals surface area contributed by atoms with Crippen molar-refractivity contribution in [2.45, 2.75) is 64.1 Å². The number of halogens is 3. The van der Waals surface area contributed by atoms with E-state index in [0.717, 1.165) is 41.3 Å². The number of carbonyl (C=O) groups is 1. The molecule has 1 saturated heterocycles. The molecule has 1 saturated carbocycles. The molecule has 3 unspecified atom stereocenters. The van der Waals surface area contributed by atoms with Crippen molar-refractivity contribution in [3.8, 4) is 11.3 Å². The highest BCUT2D eigenvalue weighted by Gasteiger charge is 2.42. The molecule has 3 heterocycles. The molecule has 3 aromatic rings. The third-order valence-electron chi connectivity index (χ3n) is 8.00. The van der Waals surface area contributed by atoms with Crippen molar-refractivity contribution in [2.24, 2.45) is 11.8 Å². The molecule has 3 atom stereocenters. The lowest BCUT2D eigenvalue weighted by atomic mass is 9.73. The molecule has 6 rings (SSSR count). The monoisotopic (exact) mass is 468 g/mol. The molecule has 8 heteroatoms. The van der Waals surface area contributed by atoms with Crippen LogP contribution in [0.5, 0.6) is 0 Å². The largest absolute Gasteiger partial charge is 0.433 e. The van der Waals surface area contributed by atoms with Crippen molar-refractivity contribution in [2.75, 3.05) is 6.54 Å². The second kappa shape index (κ2) is 7.82. The molecule has 3 aliphatic rings. The lowest BCUT2D eigenvalue weighted by Crippen LogP contribution is -2.53. The van der Waals surface area contributed by atoms with Gasteiger partial charge in [0, 0.05) is 29.8 Å². The van der Waals surface area contributed by atoms with Crippen molar-refractivity contribution in [3.63, 3.8) is 0 Å². The van der Waals surface area contributed by atoms with Crippen molar-refractivity contribution in [1.29, 1.82) is 0 Å². The number of hydrogen-bond donors (Lipinski definition) is 0. The highest BCUT2D eigenvalue weighted by molar-refractivity contribution is 5.94. The fourth-order valence-corrected chi connectivity index (χ4v) is 6.56. The molecule has 1 amide bonds. The van der Waals surface area contributed by atoms with Gasteiger partial charge in [0.1, 0.15) is 0 Å². The van der Waals surface area contributed by atoms with Crippen LogP contribution in [0, 0.1) is 11.8 Å². The summed E-state index contributed by atoms with van der Waals surface area (Å²) in [5.74, 6) is 0.569. The van der Waals surface area contributed by atoms with E-state index in [1.54, 1.807) is 0 Å². The molecule has 1 aromatic carbocycles. The van der Waals surface area contributed by atoms with Crippen LogP contribution in [-0.4, -0.2) is 38.0 Å². The summed E-state index contributed by atoms with van der Waals surface area (Å²) >= 11 is 0. The number of benzene rings is 1. The standard InChI is InChI=1S/C26H27F3N4O/c1-15-6-4-8-17-9-5-13-32(23(15)17)25(34)20-14-21-30-22-18-10-3-2-7-16(18)11-12-19(22)24(26(27,28)29)33(21)31-20/h2-3,7,10,14-15,17,23H,4-6,8-9,11-13H2,1H3. The zero-order valence-corrected chi connectivity index (χ0v) is 19.1. The highest BCUT2D eigenvalue weighted by Crippen LogP contribution is 2.42. The normalized spacial score (nSPS) is 24.5. The Morgan fingerprint density at radius 3 is 2.71 bits per heavy atom. The average Bonchev–Trinajstić information content (AvgIpc) is 3.24. The van der Waals surface area contributed by atoms with Gasteiger partial charge in [-0.05, 0) is 55.9 Å². The van der Waals surface area contributed by atoms with E-state index in [9.17, 15) is 18.0 Å². The molecule has 5 nitrogen and oxygen atoms in total. The summed E-state index contributed by atoms with van der Waals surface area (Å²) in [6.07, 6.45) is 1.52. The van der Waals surface area contributed by atoms with Gasteiger partial charge < -0.3 is 4.90 Å². The first-order chi connectivity index (χ1) is 16.3. The molecule has 34 heavy (non-hydrogen) atoms. The van der Waals surface area contributed by atoms with E-state index < -0.39 is 11.9 Å². The Kier molecular flexibility index (Phi) is 4.97. The number of amides is 1. The maximum Gasteiger partial charge on any atom is 0.433 e. The van der Waals surface area contributed by atoms with Gasteiger partial charge >= 0.3 is 6.18 Å². The Hall–Kier alpha value is -2.90. The number of piperidine rings is 1. The maximum absolute atomic E-state index is 14.3. The van der Waals surface area contributed by atoms with Gasteiger partial charge in [-0.25, -0.2) is 9.50 Å². The van der Waals surface area contributed by atoms with E-state index in [0.29, 0.717) is 30.5 Å². The van der Waals surface area contributed by atoms with Gasteiger partial charge in [0.05, 0.1) is 5.69 Å². The Balaban J connectivity index is 1.48. The number of aromatic nitrogens is 3. The number of aryl methyl sites for hydroxylation is 1. The SMILES string of the molecule is CC1CCCC2CCCN(C(=O)c3cc4nc5c(c(C(F)(F)F)n4n3)CCc3ccccc3-5)C12. The Bertz CT molecular complexity index is 1280. The Morgan fingerprint density at radius 1 is 1.09 bits per heavy atom. The fourth-order valence-electron chi connectivity index (χ4n) is 6.56. The molecule has 1 aliphatic heterocycles. The zero-order valence-electron chi connectivity index (χ0n) is 19.1. The third-order valence-corrected chi connectivity index (χ3v) is 8.00. The summed E-state index contributed by atoms with van der Waals surface area (Å²) in [7, 11) is 0. The van der Waals surface area contributed by atoms with Crippen LogP contribution in [0.3, 0.4) is 0 Å². The molecular formula is C26H27F3N4O. The number of carbonyl (C=O) groups excluding carboxylic acids is 1. The molecule has 0 radical (unpaired) electrons. The molecule has 0 bridgehead atoms. The minimum Gasteiger partial charge on any atom is -0.334 e. The van der Waals surface area contributed by atoms with Gasteiger partial charge in [-0.2, -0.15) is 18.3 Å². The minimum absolute atomic E-state index is 0.0482. The number of rotatable bonds is 1. The number of nitrogens with zero attached hydrogens (tertiary/aromatic N) is 4. The first kappa shape index (κ1) is 21.6. The topological polar surface area (TPSA) is 50.5 Å². The van der Waals surface area contributed by atoms with Gasteiger partial charge in [0.15, 0.2) is 17.0 Å². The van der Waals surface area contributed by atoms with Crippen molar-refractivity contribution < 1.29 is 18.0 Å². The average molecular weight is 469 g/mol. The van der Waals surface area contributed by atoms with E-state index >= 15 is 0 Å². The van der Waals surface area contributed by atoms with Crippen molar-refractivity contribution >= 4 is 11.6 Å². The van der Waals surface area contributed by atoms with E-state index in [4.69, 9.17) is 0 Å². The molecule has 0 N–H and O–H groups in total. The highest BCUT2D eigenvalue weighted by atomic mass is 19.4. The maximum atomic E-state index is 14.3. The summed E-state index contributed by atoms with van der Waals surface area (Å²) in [5.41, 5.74) is 1.51. The van der Waals surface area contributed by atoms with Gasteiger partial charge in [0.2, 0.25) is 0 Å². The molecule has 178 valence electrons. The lowest BCUT2D eigenvalue weighted by Gasteiger charge is -2.47. The van der Waals surface area contributed by atoms with Gasteiger partial charge in [-0.1, -0.05) is 37.6 Å². The third kappa shape index (κ3) is 3.33. The molecule has 2 aromatic heterocycles. The van der Waals surface area contributed by atoms with Gasteiger partial charge in [-0.3, -0.25) is 4.79 Å².